The quantitative estimate of drug-likeness (QED) is 0.645. The number of hydrogen-bond donors (Lipinski definition) is 2. The minimum Gasteiger partial charge on any atom is -0.384 e. The first-order valence-corrected chi connectivity index (χ1v) is 8.30. The van der Waals surface area contributed by atoms with Crippen molar-refractivity contribution in [2.24, 2.45) is 0 Å². The lowest BCUT2D eigenvalue weighted by atomic mass is 10.0. The number of nitrogens with two attached hydrogens (primary N) is 1. The van der Waals surface area contributed by atoms with Crippen LogP contribution in [0.5, 0.6) is 0 Å². The van der Waals surface area contributed by atoms with Crippen LogP contribution in [-0.4, -0.2) is 9.97 Å². The molecule has 122 valence electrons. The molecule has 7 heteroatoms. The van der Waals surface area contributed by atoms with Gasteiger partial charge in [-0.1, -0.05) is 23.7 Å². The number of pyridine rings is 2. The lowest BCUT2D eigenvalue weighted by Crippen LogP contribution is -1.97. The molecule has 0 aliphatic carbocycles. The molecule has 0 atom stereocenters. The number of nitrogens with one attached hydrogen (secondary N) is 1. The third-order valence-corrected chi connectivity index (χ3v) is 4.43. The largest absolute Gasteiger partial charge is 0.384 e. The lowest BCUT2D eigenvalue weighted by Gasteiger charge is -2.11. The molecule has 0 unspecified atom stereocenters. The Morgan fingerprint density at radius 3 is 2.71 bits per heavy atom. The van der Waals surface area contributed by atoms with Crippen LogP contribution in [0, 0.1) is 12.7 Å². The van der Waals surface area contributed by atoms with E-state index < -0.39 is 0 Å². The third kappa shape index (κ3) is 3.60. The van der Waals surface area contributed by atoms with Crippen molar-refractivity contribution in [3.8, 4) is 11.3 Å². The van der Waals surface area contributed by atoms with Gasteiger partial charge in [-0.25, -0.2) is 14.4 Å². The summed E-state index contributed by atoms with van der Waals surface area (Å²) in [5.41, 5.74) is 7.15. The molecule has 0 aliphatic heterocycles. The van der Waals surface area contributed by atoms with Crippen LogP contribution < -0.4 is 10.5 Å². The Balaban J connectivity index is 1.88. The zero-order valence-electron chi connectivity index (χ0n) is 12.8. The average molecular weight is 361 g/mol. The van der Waals surface area contributed by atoms with E-state index >= 15 is 0 Å². The fourth-order valence-electron chi connectivity index (χ4n) is 2.17. The van der Waals surface area contributed by atoms with E-state index in [4.69, 9.17) is 17.3 Å². The number of nitrogen functional groups attached to an aromatic ring is 1. The number of aryl methyl sites for hydroxylation is 1. The van der Waals surface area contributed by atoms with Gasteiger partial charge in [-0.2, -0.15) is 0 Å². The van der Waals surface area contributed by atoms with Crippen LogP contribution in [-0.2, 0) is 0 Å². The molecule has 3 rings (SSSR count). The lowest BCUT2D eigenvalue weighted by molar-refractivity contribution is 0.629. The Kier molecular flexibility index (Phi) is 4.87. The second kappa shape index (κ2) is 7.07. The highest BCUT2D eigenvalue weighted by Crippen LogP contribution is 2.32. The zero-order valence-corrected chi connectivity index (χ0v) is 14.3. The van der Waals surface area contributed by atoms with Gasteiger partial charge in [0.1, 0.15) is 17.5 Å². The van der Waals surface area contributed by atoms with E-state index in [1.54, 1.807) is 30.5 Å². The molecule has 0 saturated carbocycles. The Morgan fingerprint density at radius 2 is 2.00 bits per heavy atom. The van der Waals surface area contributed by atoms with Crippen LogP contribution in [0.15, 0.2) is 53.6 Å². The van der Waals surface area contributed by atoms with E-state index in [1.807, 2.05) is 19.1 Å². The third-order valence-electron chi connectivity index (χ3n) is 3.34. The maximum atomic E-state index is 14.2. The van der Waals surface area contributed by atoms with E-state index in [0.29, 0.717) is 27.9 Å². The molecule has 24 heavy (non-hydrogen) atoms. The van der Waals surface area contributed by atoms with Gasteiger partial charge in [0.05, 0.1) is 10.7 Å². The SMILES string of the molecule is Cc1cccc(F)c1-c1nc(NSc2ccc(N)nc2)ccc1Cl. The zero-order chi connectivity index (χ0) is 17.1. The Bertz CT molecular complexity index is 851. The topological polar surface area (TPSA) is 63.8 Å². The molecule has 0 saturated heterocycles. The predicted molar refractivity (Wildman–Crippen MR) is 97.5 cm³/mol. The van der Waals surface area contributed by atoms with Crippen LogP contribution >= 0.6 is 23.5 Å². The highest BCUT2D eigenvalue weighted by molar-refractivity contribution is 8.00. The van der Waals surface area contributed by atoms with Crippen molar-refractivity contribution in [1.82, 2.24) is 9.97 Å². The van der Waals surface area contributed by atoms with Crippen molar-refractivity contribution < 1.29 is 4.39 Å². The number of hydrogen-bond acceptors (Lipinski definition) is 5. The molecule has 0 bridgehead atoms. The van der Waals surface area contributed by atoms with Crippen molar-refractivity contribution >= 4 is 35.2 Å². The van der Waals surface area contributed by atoms with Crippen molar-refractivity contribution in [2.75, 3.05) is 10.5 Å². The fourth-order valence-corrected chi connectivity index (χ4v) is 2.95. The first kappa shape index (κ1) is 16.5. The Labute approximate surface area is 148 Å². The van der Waals surface area contributed by atoms with Gasteiger partial charge in [0.15, 0.2) is 0 Å². The molecule has 4 nitrogen and oxygen atoms in total. The van der Waals surface area contributed by atoms with Crippen LogP contribution in [0.3, 0.4) is 0 Å². The van der Waals surface area contributed by atoms with Gasteiger partial charge in [0.25, 0.3) is 0 Å². The summed E-state index contributed by atoms with van der Waals surface area (Å²) < 4.78 is 17.3. The predicted octanol–water partition coefficient (Wildman–Crippen LogP) is 4.95. The first-order valence-electron chi connectivity index (χ1n) is 7.11. The van der Waals surface area contributed by atoms with E-state index in [0.717, 1.165) is 10.5 Å². The van der Waals surface area contributed by atoms with Crippen LogP contribution in [0.25, 0.3) is 11.3 Å². The molecule has 3 aromatic rings. The first-order chi connectivity index (χ1) is 11.5. The van der Waals surface area contributed by atoms with Crippen molar-refractivity contribution in [1.29, 1.82) is 0 Å². The highest BCUT2D eigenvalue weighted by Gasteiger charge is 2.14. The summed E-state index contributed by atoms with van der Waals surface area (Å²) in [7, 11) is 0. The van der Waals surface area contributed by atoms with Crippen molar-refractivity contribution in [2.45, 2.75) is 11.8 Å². The normalized spacial score (nSPS) is 10.6. The molecule has 1 aromatic carbocycles. The summed E-state index contributed by atoms with van der Waals surface area (Å²) >= 11 is 7.55. The van der Waals surface area contributed by atoms with Crippen LogP contribution in [0.2, 0.25) is 5.02 Å². The molecule has 0 aliphatic rings. The Morgan fingerprint density at radius 1 is 1.17 bits per heavy atom. The van der Waals surface area contributed by atoms with Gasteiger partial charge in [-0.15, -0.1) is 0 Å². The molecule has 0 fully saturated rings. The summed E-state index contributed by atoms with van der Waals surface area (Å²) in [4.78, 5) is 9.35. The molecule has 2 heterocycles. The monoisotopic (exact) mass is 360 g/mol. The molecular formula is C17H14ClFN4S. The average Bonchev–Trinajstić information content (AvgIpc) is 2.56. The second-order valence-electron chi connectivity index (χ2n) is 5.08. The van der Waals surface area contributed by atoms with Gasteiger partial charge < -0.3 is 10.5 Å². The van der Waals surface area contributed by atoms with E-state index in [2.05, 4.69) is 14.7 Å². The molecule has 0 amide bonds. The Hall–Kier alpha value is -2.31. The number of aromatic nitrogens is 2. The van der Waals surface area contributed by atoms with Gasteiger partial charge in [-0.05, 0) is 54.8 Å². The van der Waals surface area contributed by atoms with Crippen molar-refractivity contribution in [3.63, 3.8) is 0 Å². The van der Waals surface area contributed by atoms with Crippen LogP contribution in [0.1, 0.15) is 5.56 Å². The highest BCUT2D eigenvalue weighted by atomic mass is 35.5. The number of halogens is 2. The summed E-state index contributed by atoms with van der Waals surface area (Å²) in [6.07, 6.45) is 1.66. The number of benzene rings is 1. The van der Waals surface area contributed by atoms with Gasteiger partial charge in [0, 0.05) is 16.7 Å². The number of rotatable bonds is 4. The number of nitrogens with zero attached hydrogens (tertiary/aromatic N) is 2. The minimum absolute atomic E-state index is 0.350. The summed E-state index contributed by atoms with van der Waals surface area (Å²) in [6.45, 7) is 1.82. The maximum absolute atomic E-state index is 14.2. The van der Waals surface area contributed by atoms with E-state index in [9.17, 15) is 4.39 Å². The van der Waals surface area contributed by atoms with E-state index in [-0.39, 0.29) is 5.82 Å². The van der Waals surface area contributed by atoms with Gasteiger partial charge in [-0.3, -0.25) is 0 Å². The second-order valence-corrected chi connectivity index (χ2v) is 6.37. The van der Waals surface area contributed by atoms with Gasteiger partial charge in [0.2, 0.25) is 0 Å². The summed E-state index contributed by atoms with van der Waals surface area (Å²) in [5.74, 6) is 0.678. The fraction of sp³-hybridized carbons (Fsp3) is 0.0588. The standard InChI is InChI=1S/C17H14ClFN4S/c1-10-3-2-4-13(19)16(10)17-12(18)6-8-15(22-17)23-24-11-5-7-14(20)21-9-11/h2-9H,1H3,(H2,20,21)(H,22,23). The number of anilines is 2. The molecule has 3 N–H and O–H groups in total. The van der Waals surface area contributed by atoms with Gasteiger partial charge >= 0.3 is 0 Å². The molecule has 0 spiro atoms. The summed E-state index contributed by atoms with van der Waals surface area (Å²) in [6, 6.07) is 11.9. The molecule has 2 aromatic heterocycles. The van der Waals surface area contributed by atoms with E-state index in [1.165, 1.54) is 18.0 Å². The smallest absolute Gasteiger partial charge is 0.136 e. The summed E-state index contributed by atoms with van der Waals surface area (Å²) in [5, 5.41) is 0.396. The van der Waals surface area contributed by atoms with Crippen molar-refractivity contribution in [3.05, 3.63) is 65.1 Å². The van der Waals surface area contributed by atoms with Crippen LogP contribution in [0.4, 0.5) is 16.0 Å². The molecule has 0 radical (unpaired) electrons. The maximum Gasteiger partial charge on any atom is 0.136 e. The molecular weight excluding hydrogens is 347 g/mol. The minimum atomic E-state index is -0.350.